The van der Waals surface area contributed by atoms with Gasteiger partial charge in [-0.2, -0.15) is 0 Å². The fourth-order valence-electron chi connectivity index (χ4n) is 2.40. The zero-order valence-corrected chi connectivity index (χ0v) is 9.21. The summed E-state index contributed by atoms with van der Waals surface area (Å²) in [7, 11) is 0. The Labute approximate surface area is 87.0 Å². The Kier molecular flexibility index (Phi) is 5.65. The molecule has 0 bridgehead atoms. The van der Waals surface area contributed by atoms with Crippen LogP contribution in [0.15, 0.2) is 0 Å². The third-order valence-electron chi connectivity index (χ3n) is 3.25. The summed E-state index contributed by atoms with van der Waals surface area (Å²) in [5.41, 5.74) is 0. The molecule has 82 valence electrons. The summed E-state index contributed by atoms with van der Waals surface area (Å²) in [5.74, 6) is 0.639. The van der Waals surface area contributed by atoms with E-state index in [1.165, 1.54) is 44.9 Å². The van der Waals surface area contributed by atoms with Crippen LogP contribution < -0.4 is 0 Å². The lowest BCUT2D eigenvalue weighted by Gasteiger charge is -2.28. The van der Waals surface area contributed by atoms with Crippen molar-refractivity contribution in [2.24, 2.45) is 5.92 Å². The van der Waals surface area contributed by atoms with Crippen LogP contribution in [0.25, 0.3) is 0 Å². The quantitative estimate of drug-likeness (QED) is 0.612. The van der Waals surface area contributed by atoms with E-state index in [2.05, 4.69) is 6.92 Å². The van der Waals surface area contributed by atoms with Gasteiger partial charge in [-0.05, 0) is 25.2 Å². The summed E-state index contributed by atoms with van der Waals surface area (Å²) in [4.78, 5) is 10.4. The summed E-state index contributed by atoms with van der Waals surface area (Å²) in [6.45, 7) is 2.81. The number of unbranched alkanes of at least 4 members (excludes halogenated alkanes) is 1. The second kappa shape index (κ2) is 6.86. The minimum absolute atomic E-state index is 0.202. The Hall–Kier alpha value is -0.530. The van der Waals surface area contributed by atoms with Gasteiger partial charge in [-0.3, -0.25) is 4.79 Å². The van der Waals surface area contributed by atoms with Gasteiger partial charge in [-0.25, -0.2) is 0 Å². The smallest absolute Gasteiger partial charge is 0.293 e. The third-order valence-corrected chi connectivity index (χ3v) is 3.25. The Morgan fingerprint density at radius 3 is 2.64 bits per heavy atom. The average molecular weight is 198 g/mol. The lowest BCUT2D eigenvalue weighted by atomic mass is 9.83. The lowest BCUT2D eigenvalue weighted by Crippen LogP contribution is -2.25. The Morgan fingerprint density at radius 2 is 2.07 bits per heavy atom. The minimum Gasteiger partial charge on any atom is -0.464 e. The highest BCUT2D eigenvalue weighted by atomic mass is 16.5. The second-order valence-corrected chi connectivity index (χ2v) is 4.31. The first kappa shape index (κ1) is 11.5. The van der Waals surface area contributed by atoms with Crippen LogP contribution >= 0.6 is 0 Å². The van der Waals surface area contributed by atoms with E-state index >= 15 is 0 Å². The van der Waals surface area contributed by atoms with Gasteiger partial charge in [-0.1, -0.05) is 39.0 Å². The van der Waals surface area contributed by atoms with E-state index in [4.69, 9.17) is 4.74 Å². The Balaban J connectivity index is 2.34. The summed E-state index contributed by atoms with van der Waals surface area (Å²) in [6, 6.07) is 0. The fraction of sp³-hybridized carbons (Fsp3) is 0.917. The van der Waals surface area contributed by atoms with E-state index in [-0.39, 0.29) is 6.10 Å². The van der Waals surface area contributed by atoms with Crippen LogP contribution in [0.4, 0.5) is 0 Å². The topological polar surface area (TPSA) is 26.3 Å². The van der Waals surface area contributed by atoms with Crippen molar-refractivity contribution in [1.82, 2.24) is 0 Å². The van der Waals surface area contributed by atoms with Crippen LogP contribution in [-0.4, -0.2) is 12.6 Å². The van der Waals surface area contributed by atoms with Crippen LogP contribution in [0.2, 0.25) is 0 Å². The maximum atomic E-state index is 10.4. The van der Waals surface area contributed by atoms with Gasteiger partial charge < -0.3 is 4.74 Å². The first-order valence-electron chi connectivity index (χ1n) is 5.97. The minimum atomic E-state index is 0.202. The molecule has 1 aliphatic carbocycles. The molecule has 14 heavy (non-hydrogen) atoms. The van der Waals surface area contributed by atoms with E-state index in [1.807, 2.05) is 0 Å². The molecule has 0 aromatic carbocycles. The molecule has 0 heterocycles. The van der Waals surface area contributed by atoms with E-state index in [9.17, 15) is 4.79 Å². The fourth-order valence-corrected chi connectivity index (χ4v) is 2.40. The average Bonchev–Trinajstić information content (AvgIpc) is 2.25. The van der Waals surface area contributed by atoms with Crippen LogP contribution in [-0.2, 0) is 9.53 Å². The molecule has 1 rings (SSSR count). The lowest BCUT2D eigenvalue weighted by molar-refractivity contribution is -0.137. The van der Waals surface area contributed by atoms with Crippen molar-refractivity contribution < 1.29 is 9.53 Å². The summed E-state index contributed by atoms with van der Waals surface area (Å²) in [6.07, 6.45) is 10.1. The number of ether oxygens (including phenoxy) is 1. The van der Waals surface area contributed by atoms with Crippen molar-refractivity contribution in [3.05, 3.63) is 0 Å². The maximum Gasteiger partial charge on any atom is 0.293 e. The van der Waals surface area contributed by atoms with Gasteiger partial charge >= 0.3 is 0 Å². The number of hydrogen-bond acceptors (Lipinski definition) is 2. The van der Waals surface area contributed by atoms with Crippen molar-refractivity contribution in [2.45, 2.75) is 64.4 Å². The first-order valence-corrected chi connectivity index (χ1v) is 5.97. The predicted octanol–water partition coefficient (Wildman–Crippen LogP) is 3.30. The molecule has 0 aliphatic heterocycles. The monoisotopic (exact) mass is 198 g/mol. The summed E-state index contributed by atoms with van der Waals surface area (Å²) >= 11 is 0. The van der Waals surface area contributed by atoms with Crippen molar-refractivity contribution >= 4 is 6.47 Å². The molecule has 0 amide bonds. The highest BCUT2D eigenvalue weighted by Gasteiger charge is 2.23. The van der Waals surface area contributed by atoms with Gasteiger partial charge in [0.2, 0.25) is 0 Å². The molecular formula is C12H22O2. The van der Waals surface area contributed by atoms with Gasteiger partial charge in [0.05, 0.1) is 0 Å². The molecule has 0 N–H and O–H groups in total. The van der Waals surface area contributed by atoms with Crippen molar-refractivity contribution in [2.75, 3.05) is 0 Å². The molecule has 1 atom stereocenters. The van der Waals surface area contributed by atoms with Crippen LogP contribution in [0.3, 0.4) is 0 Å². The maximum absolute atomic E-state index is 10.4. The summed E-state index contributed by atoms with van der Waals surface area (Å²) in [5, 5.41) is 0. The van der Waals surface area contributed by atoms with Crippen molar-refractivity contribution in [3.63, 3.8) is 0 Å². The summed E-state index contributed by atoms with van der Waals surface area (Å²) < 4.78 is 5.20. The van der Waals surface area contributed by atoms with E-state index in [1.54, 1.807) is 0 Å². The second-order valence-electron chi connectivity index (χ2n) is 4.31. The first-order chi connectivity index (χ1) is 6.88. The highest BCUT2D eigenvalue weighted by molar-refractivity contribution is 5.37. The number of rotatable bonds is 6. The van der Waals surface area contributed by atoms with Gasteiger partial charge in [0, 0.05) is 0 Å². The highest BCUT2D eigenvalue weighted by Crippen LogP contribution is 2.29. The van der Waals surface area contributed by atoms with Crippen LogP contribution in [0.1, 0.15) is 58.3 Å². The Morgan fingerprint density at radius 1 is 1.36 bits per heavy atom. The molecule has 0 saturated heterocycles. The molecule has 2 heteroatoms. The van der Waals surface area contributed by atoms with Crippen LogP contribution in [0.5, 0.6) is 0 Å². The van der Waals surface area contributed by atoms with Crippen molar-refractivity contribution in [3.8, 4) is 0 Å². The number of carbonyl (C=O) groups excluding carboxylic acids is 1. The largest absolute Gasteiger partial charge is 0.464 e. The molecule has 0 radical (unpaired) electrons. The zero-order valence-electron chi connectivity index (χ0n) is 9.21. The molecule has 0 aromatic heterocycles. The standard InChI is InChI=1S/C12H22O2/c1-2-3-9-12(14-10-13)11-7-5-4-6-8-11/h10-12H,2-9H2,1H3. The van der Waals surface area contributed by atoms with E-state index in [0.717, 1.165) is 6.42 Å². The van der Waals surface area contributed by atoms with E-state index in [0.29, 0.717) is 12.4 Å². The molecule has 1 unspecified atom stereocenters. The van der Waals surface area contributed by atoms with Crippen LogP contribution in [0, 0.1) is 5.92 Å². The van der Waals surface area contributed by atoms with Gasteiger partial charge in [-0.15, -0.1) is 0 Å². The number of hydrogen-bond donors (Lipinski definition) is 0. The van der Waals surface area contributed by atoms with Gasteiger partial charge in [0.15, 0.2) is 0 Å². The predicted molar refractivity (Wildman–Crippen MR) is 57.0 cm³/mol. The normalized spacial score (nSPS) is 20.4. The molecular weight excluding hydrogens is 176 g/mol. The molecule has 1 saturated carbocycles. The van der Waals surface area contributed by atoms with Gasteiger partial charge in [0.25, 0.3) is 6.47 Å². The molecule has 1 aliphatic rings. The molecule has 0 spiro atoms. The van der Waals surface area contributed by atoms with Crippen molar-refractivity contribution in [1.29, 1.82) is 0 Å². The molecule has 0 aromatic rings. The SMILES string of the molecule is CCCCC(OC=O)C1CCCCC1. The number of carbonyl (C=O) groups is 1. The third kappa shape index (κ3) is 3.69. The van der Waals surface area contributed by atoms with Gasteiger partial charge in [0.1, 0.15) is 6.10 Å². The Bertz CT molecular complexity index is 150. The zero-order chi connectivity index (χ0) is 10.2. The molecule has 2 nitrogen and oxygen atoms in total. The van der Waals surface area contributed by atoms with E-state index < -0.39 is 0 Å². The molecule has 1 fully saturated rings.